The second kappa shape index (κ2) is 6.05. The summed E-state index contributed by atoms with van der Waals surface area (Å²) in [5.74, 6) is 0. The van der Waals surface area contributed by atoms with Crippen LogP contribution in [0.25, 0.3) is 5.69 Å². The molecule has 5 nitrogen and oxygen atoms in total. The Kier molecular flexibility index (Phi) is 4.12. The van der Waals surface area contributed by atoms with Gasteiger partial charge in [-0.15, -0.1) is 5.10 Å². The number of aromatic nitrogens is 3. The summed E-state index contributed by atoms with van der Waals surface area (Å²) in [6.07, 6.45) is -2.85. The molecule has 2 heterocycles. The van der Waals surface area contributed by atoms with Crippen LogP contribution in [-0.2, 0) is 12.7 Å². The molecule has 3 rings (SSSR count). The third kappa shape index (κ3) is 3.28. The van der Waals surface area contributed by atoms with E-state index in [9.17, 15) is 13.2 Å². The zero-order valence-electron chi connectivity index (χ0n) is 11.8. The first-order valence-electron chi connectivity index (χ1n) is 7.05. The van der Waals surface area contributed by atoms with E-state index in [1.54, 1.807) is 12.3 Å². The van der Waals surface area contributed by atoms with E-state index < -0.39 is 11.7 Å². The fraction of sp³-hybridized carbons (Fsp3) is 0.429. The molecule has 118 valence electrons. The maximum absolute atomic E-state index is 13.0. The fourth-order valence-corrected chi connectivity index (χ4v) is 2.50. The van der Waals surface area contributed by atoms with Gasteiger partial charge in [0.05, 0.1) is 23.1 Å². The normalized spacial score (nSPS) is 16.9. The average Bonchev–Trinajstić information content (AvgIpc) is 2.96. The standard InChI is InChI=1S/C14H16F3N5/c15-14(16,17)12-3-1-2-4-13(12)22-10-11(19-20-22)9-21-7-5-18-6-8-21/h1-4,10,18H,5-9H2. The van der Waals surface area contributed by atoms with Crippen molar-refractivity contribution in [2.24, 2.45) is 0 Å². The van der Waals surface area contributed by atoms with Crippen molar-refractivity contribution in [1.82, 2.24) is 25.2 Å². The molecule has 1 aromatic heterocycles. The van der Waals surface area contributed by atoms with Gasteiger partial charge in [0.2, 0.25) is 0 Å². The van der Waals surface area contributed by atoms with Gasteiger partial charge in [-0.1, -0.05) is 17.3 Å². The molecule has 1 aromatic carbocycles. The highest BCUT2D eigenvalue weighted by atomic mass is 19.4. The number of para-hydroxylation sites is 1. The summed E-state index contributed by atoms with van der Waals surface area (Å²) in [5.41, 5.74) is -0.0541. The van der Waals surface area contributed by atoms with Gasteiger partial charge in [-0.25, -0.2) is 4.68 Å². The van der Waals surface area contributed by atoms with E-state index in [2.05, 4.69) is 20.5 Å². The fourth-order valence-electron chi connectivity index (χ4n) is 2.50. The number of halogens is 3. The highest BCUT2D eigenvalue weighted by molar-refractivity contribution is 5.42. The number of benzene rings is 1. The quantitative estimate of drug-likeness (QED) is 0.937. The molecule has 2 aromatic rings. The van der Waals surface area contributed by atoms with E-state index in [-0.39, 0.29) is 5.69 Å². The Hall–Kier alpha value is -1.93. The van der Waals surface area contributed by atoms with Crippen molar-refractivity contribution >= 4 is 0 Å². The SMILES string of the molecule is FC(F)(F)c1ccccc1-n1cc(CN2CCNCC2)nn1. The lowest BCUT2D eigenvalue weighted by molar-refractivity contribution is -0.137. The Morgan fingerprint density at radius 3 is 2.59 bits per heavy atom. The van der Waals surface area contributed by atoms with Crippen LogP contribution >= 0.6 is 0 Å². The van der Waals surface area contributed by atoms with Crippen LogP contribution in [0.1, 0.15) is 11.3 Å². The van der Waals surface area contributed by atoms with E-state index in [1.807, 2.05) is 0 Å². The number of rotatable bonds is 3. The molecule has 0 amide bonds. The molecule has 1 saturated heterocycles. The number of piperazine rings is 1. The average molecular weight is 311 g/mol. The van der Waals surface area contributed by atoms with Crippen LogP contribution < -0.4 is 5.32 Å². The van der Waals surface area contributed by atoms with Crippen molar-refractivity contribution in [3.05, 3.63) is 41.7 Å². The van der Waals surface area contributed by atoms with E-state index in [1.165, 1.54) is 16.8 Å². The molecular formula is C14H16F3N5. The van der Waals surface area contributed by atoms with Gasteiger partial charge in [-0.3, -0.25) is 4.90 Å². The van der Waals surface area contributed by atoms with Crippen molar-refractivity contribution < 1.29 is 13.2 Å². The Labute approximate surface area is 125 Å². The number of nitrogens with one attached hydrogen (secondary N) is 1. The monoisotopic (exact) mass is 311 g/mol. The lowest BCUT2D eigenvalue weighted by atomic mass is 10.1. The zero-order chi connectivity index (χ0) is 15.6. The topological polar surface area (TPSA) is 46.0 Å². The zero-order valence-corrected chi connectivity index (χ0v) is 11.8. The van der Waals surface area contributed by atoms with E-state index in [0.717, 1.165) is 32.2 Å². The van der Waals surface area contributed by atoms with Gasteiger partial charge in [-0.05, 0) is 12.1 Å². The van der Waals surface area contributed by atoms with Crippen LogP contribution in [0.3, 0.4) is 0 Å². The van der Waals surface area contributed by atoms with Crippen LogP contribution in [0, 0.1) is 0 Å². The molecule has 0 atom stereocenters. The molecule has 0 spiro atoms. The Balaban J connectivity index is 1.82. The number of hydrogen-bond donors (Lipinski definition) is 1. The molecule has 0 aliphatic carbocycles. The molecule has 0 unspecified atom stereocenters. The van der Waals surface area contributed by atoms with Gasteiger partial charge in [-0.2, -0.15) is 13.2 Å². The summed E-state index contributed by atoms with van der Waals surface area (Å²) in [7, 11) is 0. The lowest BCUT2D eigenvalue weighted by Crippen LogP contribution is -2.42. The van der Waals surface area contributed by atoms with Gasteiger partial charge in [0.25, 0.3) is 0 Å². The lowest BCUT2D eigenvalue weighted by Gasteiger charge is -2.25. The first kappa shape index (κ1) is 15.0. The highest BCUT2D eigenvalue weighted by Gasteiger charge is 2.34. The van der Waals surface area contributed by atoms with Gasteiger partial charge in [0, 0.05) is 32.7 Å². The summed E-state index contributed by atoms with van der Waals surface area (Å²) in [5, 5.41) is 11.1. The molecule has 0 bridgehead atoms. The van der Waals surface area contributed by atoms with Crippen LogP contribution in [0.2, 0.25) is 0 Å². The number of hydrogen-bond acceptors (Lipinski definition) is 4. The van der Waals surface area contributed by atoms with Crippen molar-refractivity contribution in [2.75, 3.05) is 26.2 Å². The van der Waals surface area contributed by atoms with Gasteiger partial charge in [0.1, 0.15) is 0 Å². The van der Waals surface area contributed by atoms with Gasteiger partial charge < -0.3 is 5.32 Å². The Bertz CT molecular complexity index is 631. The predicted molar refractivity (Wildman–Crippen MR) is 74.5 cm³/mol. The Morgan fingerprint density at radius 1 is 1.14 bits per heavy atom. The number of nitrogens with zero attached hydrogens (tertiary/aromatic N) is 4. The summed E-state index contributed by atoms with van der Waals surface area (Å²) in [6.45, 7) is 4.20. The Morgan fingerprint density at radius 2 is 1.86 bits per heavy atom. The maximum atomic E-state index is 13.0. The summed E-state index contributed by atoms with van der Waals surface area (Å²) >= 11 is 0. The van der Waals surface area contributed by atoms with Crippen LogP contribution in [-0.4, -0.2) is 46.1 Å². The third-order valence-electron chi connectivity index (χ3n) is 3.59. The van der Waals surface area contributed by atoms with Gasteiger partial charge >= 0.3 is 6.18 Å². The minimum Gasteiger partial charge on any atom is -0.314 e. The van der Waals surface area contributed by atoms with E-state index >= 15 is 0 Å². The largest absolute Gasteiger partial charge is 0.418 e. The van der Waals surface area contributed by atoms with Crippen LogP contribution in [0.5, 0.6) is 0 Å². The summed E-state index contributed by atoms with van der Waals surface area (Å²) in [6, 6.07) is 5.37. The third-order valence-corrected chi connectivity index (χ3v) is 3.59. The van der Waals surface area contributed by atoms with E-state index in [4.69, 9.17) is 0 Å². The molecule has 22 heavy (non-hydrogen) atoms. The van der Waals surface area contributed by atoms with Crippen LogP contribution in [0.15, 0.2) is 30.5 Å². The minimum atomic E-state index is -4.42. The molecule has 0 saturated carbocycles. The van der Waals surface area contributed by atoms with Crippen LogP contribution in [0.4, 0.5) is 13.2 Å². The summed E-state index contributed by atoms with van der Waals surface area (Å²) < 4.78 is 40.3. The number of alkyl halides is 3. The molecule has 8 heteroatoms. The molecule has 0 radical (unpaired) electrons. The first-order chi connectivity index (χ1) is 10.5. The smallest absolute Gasteiger partial charge is 0.314 e. The highest BCUT2D eigenvalue weighted by Crippen LogP contribution is 2.33. The molecular weight excluding hydrogens is 295 g/mol. The van der Waals surface area contributed by atoms with Crippen molar-refractivity contribution in [1.29, 1.82) is 0 Å². The maximum Gasteiger partial charge on any atom is 0.418 e. The second-order valence-electron chi connectivity index (χ2n) is 5.20. The molecule has 1 fully saturated rings. The second-order valence-corrected chi connectivity index (χ2v) is 5.20. The van der Waals surface area contributed by atoms with E-state index in [0.29, 0.717) is 12.2 Å². The van der Waals surface area contributed by atoms with Gasteiger partial charge in [0.15, 0.2) is 0 Å². The predicted octanol–water partition coefficient (Wildman–Crippen LogP) is 1.69. The van der Waals surface area contributed by atoms with Crippen molar-refractivity contribution in [2.45, 2.75) is 12.7 Å². The van der Waals surface area contributed by atoms with Crippen molar-refractivity contribution in [3.8, 4) is 5.69 Å². The minimum absolute atomic E-state index is 0.00550. The molecule has 1 aliphatic rings. The summed E-state index contributed by atoms with van der Waals surface area (Å²) in [4.78, 5) is 2.19. The molecule has 1 aliphatic heterocycles. The van der Waals surface area contributed by atoms with Crippen molar-refractivity contribution in [3.63, 3.8) is 0 Å². The first-order valence-corrected chi connectivity index (χ1v) is 7.05. The molecule has 1 N–H and O–H groups in total.